The van der Waals surface area contributed by atoms with Gasteiger partial charge in [-0.25, -0.2) is 4.79 Å². The van der Waals surface area contributed by atoms with Crippen LogP contribution in [-0.2, 0) is 4.79 Å². The highest BCUT2D eigenvalue weighted by atomic mass is 35.5. The highest BCUT2D eigenvalue weighted by molar-refractivity contribution is 6.30. The van der Waals surface area contributed by atoms with Crippen LogP contribution in [0, 0.1) is 0 Å². The van der Waals surface area contributed by atoms with E-state index in [4.69, 9.17) is 16.0 Å². The van der Waals surface area contributed by atoms with Gasteiger partial charge < -0.3 is 19.2 Å². The van der Waals surface area contributed by atoms with Crippen molar-refractivity contribution in [2.45, 2.75) is 25.8 Å². The maximum Gasteiger partial charge on any atom is 0.322 e. The number of unbranched alkanes of at least 4 members (excludes halogenated alkanes) is 1. The summed E-state index contributed by atoms with van der Waals surface area (Å²) in [7, 11) is 0. The molecular formula is C28H27ClN4O3. The second-order valence-electron chi connectivity index (χ2n) is 8.69. The van der Waals surface area contributed by atoms with Gasteiger partial charge in [0.05, 0.1) is 23.3 Å². The molecule has 0 fully saturated rings. The van der Waals surface area contributed by atoms with Crippen molar-refractivity contribution in [3.63, 3.8) is 0 Å². The number of para-hydroxylation sites is 2. The predicted molar refractivity (Wildman–Crippen MR) is 141 cm³/mol. The second kappa shape index (κ2) is 10.3. The minimum absolute atomic E-state index is 0.0847. The van der Waals surface area contributed by atoms with Crippen molar-refractivity contribution >= 4 is 34.9 Å². The summed E-state index contributed by atoms with van der Waals surface area (Å²) in [5.41, 5.74) is 3.16. The second-order valence-corrected chi connectivity index (χ2v) is 9.13. The number of hydrogen-bond donors (Lipinski definition) is 1. The van der Waals surface area contributed by atoms with Gasteiger partial charge in [0, 0.05) is 23.5 Å². The lowest BCUT2D eigenvalue weighted by atomic mass is 10.0. The van der Waals surface area contributed by atoms with Crippen molar-refractivity contribution in [1.29, 1.82) is 0 Å². The van der Waals surface area contributed by atoms with Gasteiger partial charge >= 0.3 is 6.03 Å². The SMILES string of the molecule is CCCCN(CC(=O)N1c2ccccc2-n2cccc2C1c1ccco1)C(=O)Nc1cccc(Cl)c1. The Kier molecular flexibility index (Phi) is 6.82. The normalized spacial score (nSPS) is 14.2. The van der Waals surface area contributed by atoms with Gasteiger partial charge in [0.15, 0.2) is 0 Å². The molecule has 0 radical (unpaired) electrons. The molecule has 0 aliphatic carbocycles. The van der Waals surface area contributed by atoms with E-state index < -0.39 is 6.04 Å². The first-order valence-electron chi connectivity index (χ1n) is 12.0. The van der Waals surface area contributed by atoms with Crippen molar-refractivity contribution < 1.29 is 14.0 Å². The maximum absolute atomic E-state index is 14.0. The first-order valence-corrected chi connectivity index (χ1v) is 12.4. The average Bonchev–Trinajstić information content (AvgIpc) is 3.58. The molecule has 1 N–H and O–H groups in total. The predicted octanol–water partition coefficient (Wildman–Crippen LogP) is 6.49. The lowest BCUT2D eigenvalue weighted by Crippen LogP contribution is -2.47. The largest absolute Gasteiger partial charge is 0.467 e. The van der Waals surface area contributed by atoms with Crippen LogP contribution in [0.5, 0.6) is 0 Å². The molecule has 3 amide bonds. The van der Waals surface area contributed by atoms with Crippen LogP contribution in [-0.4, -0.2) is 34.5 Å². The molecule has 7 nitrogen and oxygen atoms in total. The molecule has 0 saturated heterocycles. The highest BCUT2D eigenvalue weighted by Gasteiger charge is 2.38. The zero-order valence-electron chi connectivity index (χ0n) is 19.9. The molecule has 5 rings (SSSR count). The number of urea groups is 1. The summed E-state index contributed by atoms with van der Waals surface area (Å²) in [6, 6.07) is 21.6. The molecule has 1 unspecified atom stereocenters. The van der Waals surface area contributed by atoms with Crippen LogP contribution in [0.2, 0.25) is 5.02 Å². The summed E-state index contributed by atoms with van der Waals surface area (Å²) in [4.78, 5) is 30.6. The van der Waals surface area contributed by atoms with E-state index in [1.807, 2.05) is 54.7 Å². The molecule has 36 heavy (non-hydrogen) atoms. The number of carbonyl (C=O) groups is 2. The van der Waals surface area contributed by atoms with Gasteiger partial charge in [0.1, 0.15) is 18.3 Å². The molecule has 3 heterocycles. The lowest BCUT2D eigenvalue weighted by molar-refractivity contribution is -0.119. The van der Waals surface area contributed by atoms with Gasteiger partial charge in [-0.05, 0) is 61.0 Å². The molecule has 0 saturated carbocycles. The molecule has 1 atom stereocenters. The Morgan fingerprint density at radius 2 is 1.86 bits per heavy atom. The minimum Gasteiger partial charge on any atom is -0.467 e. The van der Waals surface area contributed by atoms with E-state index in [0.717, 1.165) is 29.9 Å². The van der Waals surface area contributed by atoms with Gasteiger partial charge in [-0.2, -0.15) is 0 Å². The number of aromatic nitrogens is 1. The number of halogens is 1. The minimum atomic E-state index is -0.457. The molecule has 1 aliphatic heterocycles. The van der Waals surface area contributed by atoms with Crippen molar-refractivity contribution in [3.05, 3.63) is 102 Å². The quantitative estimate of drug-likeness (QED) is 0.314. The van der Waals surface area contributed by atoms with Gasteiger partial charge in [-0.1, -0.05) is 43.1 Å². The number of anilines is 2. The van der Waals surface area contributed by atoms with Crippen LogP contribution < -0.4 is 10.2 Å². The zero-order chi connectivity index (χ0) is 25.1. The Hall–Kier alpha value is -3.97. The number of amides is 3. The van der Waals surface area contributed by atoms with E-state index in [1.165, 1.54) is 0 Å². The standard InChI is InChI=1S/C28H27ClN4O3/c1-2-3-15-31(28(35)30-21-10-6-9-20(29)18-21)19-26(34)33-23-12-5-4-11-22(23)32-16-7-13-24(32)27(33)25-14-8-17-36-25/h4-14,16-18,27H,2-3,15,19H2,1H3,(H,30,35). The Labute approximate surface area is 214 Å². The van der Waals surface area contributed by atoms with Crippen LogP contribution in [0.3, 0.4) is 0 Å². The van der Waals surface area contributed by atoms with E-state index >= 15 is 0 Å². The third-order valence-electron chi connectivity index (χ3n) is 6.27. The van der Waals surface area contributed by atoms with E-state index in [0.29, 0.717) is 23.0 Å². The van der Waals surface area contributed by atoms with E-state index in [2.05, 4.69) is 16.8 Å². The number of benzene rings is 2. The third-order valence-corrected chi connectivity index (χ3v) is 6.51. The number of hydrogen-bond acceptors (Lipinski definition) is 3. The summed E-state index contributed by atoms with van der Waals surface area (Å²) in [5.74, 6) is 0.454. The first kappa shape index (κ1) is 23.8. The fourth-order valence-electron chi connectivity index (χ4n) is 4.59. The van der Waals surface area contributed by atoms with Crippen molar-refractivity contribution in [2.75, 3.05) is 23.3 Å². The number of nitrogens with one attached hydrogen (secondary N) is 1. The number of fused-ring (bicyclic) bond motifs is 3. The highest BCUT2D eigenvalue weighted by Crippen LogP contribution is 2.42. The first-order chi connectivity index (χ1) is 17.6. The number of furan rings is 1. The van der Waals surface area contributed by atoms with Crippen molar-refractivity contribution in [1.82, 2.24) is 9.47 Å². The van der Waals surface area contributed by atoms with Crippen LogP contribution in [0.1, 0.15) is 37.3 Å². The number of nitrogens with zero attached hydrogens (tertiary/aromatic N) is 3. The molecular weight excluding hydrogens is 476 g/mol. The summed E-state index contributed by atoms with van der Waals surface area (Å²) < 4.78 is 7.87. The summed E-state index contributed by atoms with van der Waals surface area (Å²) >= 11 is 6.09. The van der Waals surface area contributed by atoms with Crippen LogP contribution >= 0.6 is 11.6 Å². The Morgan fingerprint density at radius 3 is 2.61 bits per heavy atom. The number of rotatable bonds is 7. The van der Waals surface area contributed by atoms with Crippen molar-refractivity contribution in [2.24, 2.45) is 0 Å². The molecule has 0 bridgehead atoms. The van der Waals surface area contributed by atoms with Gasteiger partial charge in [0.25, 0.3) is 0 Å². The molecule has 8 heteroatoms. The summed E-state index contributed by atoms with van der Waals surface area (Å²) in [5, 5.41) is 3.40. The van der Waals surface area contributed by atoms with E-state index in [9.17, 15) is 9.59 Å². The molecule has 4 aromatic rings. The molecule has 2 aromatic carbocycles. The topological polar surface area (TPSA) is 70.7 Å². The zero-order valence-corrected chi connectivity index (χ0v) is 20.7. The Bertz CT molecular complexity index is 1360. The van der Waals surface area contributed by atoms with Crippen LogP contribution in [0.15, 0.2) is 89.7 Å². The average molecular weight is 503 g/mol. The summed E-state index contributed by atoms with van der Waals surface area (Å²) in [6.07, 6.45) is 5.26. The third kappa shape index (κ3) is 4.62. The molecule has 2 aromatic heterocycles. The van der Waals surface area contributed by atoms with Gasteiger partial charge in [-0.3, -0.25) is 9.69 Å². The van der Waals surface area contributed by atoms with Gasteiger partial charge in [0.2, 0.25) is 5.91 Å². The van der Waals surface area contributed by atoms with E-state index in [1.54, 1.807) is 40.3 Å². The monoisotopic (exact) mass is 502 g/mol. The molecule has 184 valence electrons. The fraction of sp³-hybridized carbons (Fsp3) is 0.214. The lowest BCUT2D eigenvalue weighted by Gasteiger charge is -2.38. The summed E-state index contributed by atoms with van der Waals surface area (Å²) in [6.45, 7) is 2.42. The molecule has 0 spiro atoms. The Morgan fingerprint density at radius 1 is 1.03 bits per heavy atom. The van der Waals surface area contributed by atoms with Crippen LogP contribution in [0.4, 0.5) is 16.2 Å². The van der Waals surface area contributed by atoms with E-state index in [-0.39, 0.29) is 18.5 Å². The van der Waals surface area contributed by atoms with Crippen molar-refractivity contribution in [3.8, 4) is 5.69 Å². The fourth-order valence-corrected chi connectivity index (χ4v) is 4.78. The smallest absolute Gasteiger partial charge is 0.322 e. The van der Waals surface area contributed by atoms with Crippen LogP contribution in [0.25, 0.3) is 5.69 Å². The maximum atomic E-state index is 14.0. The van der Waals surface area contributed by atoms with Gasteiger partial charge in [-0.15, -0.1) is 0 Å². The Balaban J connectivity index is 1.48. The number of carbonyl (C=O) groups excluding carboxylic acids is 2. The molecule has 1 aliphatic rings.